The molecule has 6 heteroatoms. The summed E-state index contributed by atoms with van der Waals surface area (Å²) >= 11 is 0. The Hall–Kier alpha value is -1.14. The molecule has 0 atom stereocenters. The first-order valence-corrected chi connectivity index (χ1v) is 7.44. The van der Waals surface area contributed by atoms with Gasteiger partial charge in [0.05, 0.1) is 4.90 Å². The number of anilines is 1. The largest absolute Gasteiger partial charge is 0.399 e. The zero-order valence-electron chi connectivity index (χ0n) is 10.2. The Morgan fingerprint density at radius 3 is 2.67 bits per heavy atom. The summed E-state index contributed by atoms with van der Waals surface area (Å²) < 4.78 is 40.1. The van der Waals surface area contributed by atoms with Crippen molar-refractivity contribution in [2.75, 3.05) is 12.3 Å². The van der Waals surface area contributed by atoms with Gasteiger partial charge in [-0.15, -0.1) is 0 Å². The number of nitrogen functional groups attached to an aromatic ring is 1. The quantitative estimate of drug-likeness (QED) is 0.821. The van der Waals surface area contributed by atoms with Crippen LogP contribution < -0.4 is 10.5 Å². The van der Waals surface area contributed by atoms with Gasteiger partial charge in [-0.2, -0.15) is 0 Å². The molecule has 0 radical (unpaired) electrons. The summed E-state index contributed by atoms with van der Waals surface area (Å²) in [5.41, 5.74) is 5.70. The van der Waals surface area contributed by atoms with Crippen molar-refractivity contribution >= 4 is 15.7 Å². The number of rotatable bonds is 4. The van der Waals surface area contributed by atoms with Gasteiger partial charge in [0.2, 0.25) is 10.0 Å². The minimum atomic E-state index is -3.68. The molecule has 0 amide bonds. The van der Waals surface area contributed by atoms with E-state index in [0.29, 0.717) is 12.5 Å². The van der Waals surface area contributed by atoms with Crippen LogP contribution in [0.5, 0.6) is 0 Å². The van der Waals surface area contributed by atoms with Gasteiger partial charge in [0, 0.05) is 17.8 Å². The number of nitrogens with two attached hydrogens (primary N) is 1. The van der Waals surface area contributed by atoms with Crippen molar-refractivity contribution in [2.24, 2.45) is 5.92 Å². The SMILES string of the molecule is Cc1c(F)cc(N)cc1S(=O)(=O)NCC1CCC1. The maximum Gasteiger partial charge on any atom is 0.241 e. The van der Waals surface area contributed by atoms with Crippen molar-refractivity contribution in [1.29, 1.82) is 0 Å². The number of hydrogen-bond donors (Lipinski definition) is 2. The smallest absolute Gasteiger partial charge is 0.241 e. The number of hydrogen-bond acceptors (Lipinski definition) is 3. The van der Waals surface area contributed by atoms with Crippen LogP contribution in [-0.2, 0) is 10.0 Å². The molecule has 100 valence electrons. The zero-order valence-corrected chi connectivity index (χ0v) is 11.1. The van der Waals surface area contributed by atoms with Gasteiger partial charge in [-0.05, 0) is 37.8 Å². The average molecular weight is 272 g/mol. The standard InChI is InChI=1S/C12H17FN2O2S/c1-8-11(13)5-10(14)6-12(8)18(16,17)15-7-9-3-2-4-9/h5-6,9,15H,2-4,7,14H2,1H3. The summed E-state index contributed by atoms with van der Waals surface area (Å²) in [5.74, 6) is -0.190. The van der Waals surface area contributed by atoms with Crippen molar-refractivity contribution in [3.05, 3.63) is 23.5 Å². The second kappa shape index (κ2) is 4.85. The Balaban J connectivity index is 2.22. The summed E-state index contributed by atoms with van der Waals surface area (Å²) in [4.78, 5) is -0.0701. The molecule has 0 aromatic heterocycles. The third-order valence-electron chi connectivity index (χ3n) is 3.40. The van der Waals surface area contributed by atoms with E-state index in [2.05, 4.69) is 4.72 Å². The molecule has 1 aliphatic rings. The fourth-order valence-electron chi connectivity index (χ4n) is 1.95. The number of halogens is 1. The van der Waals surface area contributed by atoms with Crippen LogP contribution in [0.1, 0.15) is 24.8 Å². The highest BCUT2D eigenvalue weighted by Gasteiger charge is 2.23. The Bertz CT molecular complexity index is 553. The fourth-order valence-corrected chi connectivity index (χ4v) is 3.36. The molecule has 1 aliphatic carbocycles. The van der Waals surface area contributed by atoms with Crippen LogP contribution in [-0.4, -0.2) is 15.0 Å². The fraction of sp³-hybridized carbons (Fsp3) is 0.500. The first kappa shape index (κ1) is 13.3. The second-order valence-electron chi connectivity index (χ2n) is 4.77. The van der Waals surface area contributed by atoms with E-state index in [9.17, 15) is 12.8 Å². The third-order valence-corrected chi connectivity index (χ3v) is 4.95. The molecule has 2 rings (SSSR count). The van der Waals surface area contributed by atoms with E-state index in [1.807, 2.05) is 0 Å². The average Bonchev–Trinajstić information content (AvgIpc) is 2.20. The highest BCUT2D eigenvalue weighted by molar-refractivity contribution is 7.89. The van der Waals surface area contributed by atoms with Crippen molar-refractivity contribution in [1.82, 2.24) is 4.72 Å². The molecular formula is C12H17FN2O2S. The lowest BCUT2D eigenvalue weighted by Crippen LogP contribution is -2.32. The van der Waals surface area contributed by atoms with E-state index >= 15 is 0 Å². The van der Waals surface area contributed by atoms with Crippen LogP contribution in [0.25, 0.3) is 0 Å². The van der Waals surface area contributed by atoms with Gasteiger partial charge in [-0.3, -0.25) is 0 Å². The maximum absolute atomic E-state index is 13.5. The van der Waals surface area contributed by atoms with Crippen molar-refractivity contribution in [3.8, 4) is 0 Å². The first-order chi connectivity index (χ1) is 8.40. The summed E-state index contributed by atoms with van der Waals surface area (Å²) in [5, 5.41) is 0. The molecule has 3 N–H and O–H groups in total. The van der Waals surface area contributed by atoms with Crippen LogP contribution in [0.4, 0.5) is 10.1 Å². The van der Waals surface area contributed by atoms with E-state index in [-0.39, 0.29) is 16.1 Å². The van der Waals surface area contributed by atoms with Crippen LogP contribution in [0.3, 0.4) is 0 Å². The van der Waals surface area contributed by atoms with E-state index in [0.717, 1.165) is 25.3 Å². The molecule has 0 unspecified atom stereocenters. The lowest BCUT2D eigenvalue weighted by molar-refractivity contribution is 0.316. The molecule has 1 saturated carbocycles. The topological polar surface area (TPSA) is 72.2 Å². The van der Waals surface area contributed by atoms with Crippen LogP contribution in [0.2, 0.25) is 0 Å². The molecule has 0 saturated heterocycles. The van der Waals surface area contributed by atoms with Gasteiger partial charge in [0.25, 0.3) is 0 Å². The molecule has 0 aliphatic heterocycles. The molecule has 4 nitrogen and oxygen atoms in total. The Labute approximate surface area is 106 Å². The maximum atomic E-state index is 13.5. The normalized spacial score (nSPS) is 16.6. The molecular weight excluding hydrogens is 255 g/mol. The summed E-state index contributed by atoms with van der Waals surface area (Å²) in [7, 11) is -3.68. The highest BCUT2D eigenvalue weighted by Crippen LogP contribution is 2.26. The number of benzene rings is 1. The predicted octanol–water partition coefficient (Wildman–Crippen LogP) is 1.79. The minimum Gasteiger partial charge on any atom is -0.399 e. The van der Waals surface area contributed by atoms with Crippen molar-refractivity contribution in [3.63, 3.8) is 0 Å². The van der Waals surface area contributed by atoms with Gasteiger partial charge in [-0.1, -0.05) is 6.42 Å². The first-order valence-electron chi connectivity index (χ1n) is 5.95. The summed E-state index contributed by atoms with van der Waals surface area (Å²) in [6.45, 7) is 1.85. The van der Waals surface area contributed by atoms with Gasteiger partial charge in [0.15, 0.2) is 0 Å². The zero-order chi connectivity index (χ0) is 13.3. The molecule has 1 aromatic rings. The van der Waals surface area contributed by atoms with E-state index in [4.69, 9.17) is 5.73 Å². The Morgan fingerprint density at radius 2 is 2.11 bits per heavy atom. The van der Waals surface area contributed by atoms with Gasteiger partial charge in [0.1, 0.15) is 5.82 Å². The molecule has 0 bridgehead atoms. The van der Waals surface area contributed by atoms with Crippen molar-refractivity contribution in [2.45, 2.75) is 31.1 Å². The summed E-state index contributed by atoms with van der Waals surface area (Å²) in [6, 6.07) is 2.42. The van der Waals surface area contributed by atoms with Gasteiger partial charge >= 0.3 is 0 Å². The lowest BCUT2D eigenvalue weighted by Gasteiger charge is -2.25. The van der Waals surface area contributed by atoms with E-state index in [1.54, 1.807) is 0 Å². The Morgan fingerprint density at radius 1 is 1.44 bits per heavy atom. The molecule has 1 aromatic carbocycles. The monoisotopic (exact) mass is 272 g/mol. The van der Waals surface area contributed by atoms with Crippen LogP contribution in [0, 0.1) is 18.7 Å². The second-order valence-corrected chi connectivity index (χ2v) is 6.51. The molecule has 18 heavy (non-hydrogen) atoms. The van der Waals surface area contributed by atoms with Crippen LogP contribution in [0.15, 0.2) is 17.0 Å². The third kappa shape index (κ3) is 2.64. The molecule has 0 heterocycles. The molecule has 1 fully saturated rings. The minimum absolute atomic E-state index is 0.0701. The lowest BCUT2D eigenvalue weighted by atomic mass is 9.86. The predicted molar refractivity (Wildman–Crippen MR) is 68.1 cm³/mol. The molecule has 0 spiro atoms. The van der Waals surface area contributed by atoms with Gasteiger partial charge in [-0.25, -0.2) is 17.5 Å². The Kier molecular flexibility index (Phi) is 3.59. The van der Waals surface area contributed by atoms with E-state index < -0.39 is 15.8 Å². The van der Waals surface area contributed by atoms with Gasteiger partial charge < -0.3 is 5.73 Å². The number of sulfonamides is 1. The highest BCUT2D eigenvalue weighted by atomic mass is 32.2. The van der Waals surface area contributed by atoms with Crippen molar-refractivity contribution < 1.29 is 12.8 Å². The van der Waals surface area contributed by atoms with E-state index in [1.165, 1.54) is 13.0 Å². The summed E-state index contributed by atoms with van der Waals surface area (Å²) in [6.07, 6.45) is 3.25. The van der Waals surface area contributed by atoms with Crippen LogP contribution >= 0.6 is 0 Å². The number of nitrogens with one attached hydrogen (secondary N) is 1.